The molecule has 1 fully saturated rings. The van der Waals surface area contributed by atoms with Gasteiger partial charge in [-0.2, -0.15) is 0 Å². The van der Waals surface area contributed by atoms with Gasteiger partial charge in [0.1, 0.15) is 4.88 Å². The number of carbonyl (C=O) groups is 1. The average molecular weight is 366 g/mol. The Kier molecular flexibility index (Phi) is 5.01. The maximum atomic E-state index is 12.7. The lowest BCUT2D eigenvalue weighted by Crippen LogP contribution is -2.46. The predicted octanol–water partition coefficient (Wildman–Crippen LogP) is 2.94. The minimum absolute atomic E-state index is 0.0990. The molecule has 0 unspecified atom stereocenters. The number of amides is 1. The van der Waals surface area contributed by atoms with Gasteiger partial charge in [0.2, 0.25) is 5.95 Å². The topological polar surface area (TPSA) is 62.2 Å². The summed E-state index contributed by atoms with van der Waals surface area (Å²) in [6.07, 6.45) is 5.00. The fourth-order valence-corrected chi connectivity index (χ4v) is 3.97. The van der Waals surface area contributed by atoms with Crippen molar-refractivity contribution in [2.75, 3.05) is 25.0 Å². The van der Waals surface area contributed by atoms with Gasteiger partial charge in [0.25, 0.3) is 5.91 Å². The third-order valence-corrected chi connectivity index (χ3v) is 5.58. The summed E-state index contributed by atoms with van der Waals surface area (Å²) in [4.78, 5) is 30.3. The van der Waals surface area contributed by atoms with Crippen molar-refractivity contribution in [1.82, 2.24) is 19.9 Å². The SMILES string of the molecule is Cc1nc(C)c(C(=O)N2CCC(N(C)c3ncc(Cl)cn3)CC2)s1. The molecule has 0 spiro atoms. The molecule has 3 rings (SSSR count). The highest BCUT2D eigenvalue weighted by molar-refractivity contribution is 7.13. The van der Waals surface area contributed by atoms with Crippen molar-refractivity contribution in [3.05, 3.63) is 33.0 Å². The fourth-order valence-electron chi connectivity index (χ4n) is 2.98. The molecular formula is C16H20ClN5OS. The molecule has 128 valence electrons. The Morgan fingerprint density at radius 2 is 1.92 bits per heavy atom. The normalized spacial score (nSPS) is 15.6. The smallest absolute Gasteiger partial charge is 0.265 e. The van der Waals surface area contributed by atoms with Crippen LogP contribution < -0.4 is 4.90 Å². The van der Waals surface area contributed by atoms with E-state index in [1.54, 1.807) is 12.4 Å². The van der Waals surface area contributed by atoms with E-state index >= 15 is 0 Å². The van der Waals surface area contributed by atoms with Gasteiger partial charge in [-0.05, 0) is 26.7 Å². The van der Waals surface area contributed by atoms with E-state index in [9.17, 15) is 4.79 Å². The predicted molar refractivity (Wildman–Crippen MR) is 96.0 cm³/mol. The number of halogens is 1. The molecule has 0 aliphatic carbocycles. The molecule has 1 saturated heterocycles. The zero-order chi connectivity index (χ0) is 17.3. The first kappa shape index (κ1) is 17.1. The van der Waals surface area contributed by atoms with Crippen molar-refractivity contribution in [2.24, 2.45) is 0 Å². The number of aromatic nitrogens is 3. The Labute approximate surface area is 150 Å². The summed E-state index contributed by atoms with van der Waals surface area (Å²) in [5, 5.41) is 1.47. The van der Waals surface area contributed by atoms with Crippen LogP contribution in [-0.2, 0) is 0 Å². The van der Waals surface area contributed by atoms with Crippen LogP contribution in [0.25, 0.3) is 0 Å². The van der Waals surface area contributed by atoms with E-state index in [-0.39, 0.29) is 5.91 Å². The number of likely N-dealkylation sites (tertiary alicyclic amines) is 1. The van der Waals surface area contributed by atoms with Crippen molar-refractivity contribution in [3.63, 3.8) is 0 Å². The van der Waals surface area contributed by atoms with Crippen LogP contribution in [-0.4, -0.2) is 51.9 Å². The lowest BCUT2D eigenvalue weighted by molar-refractivity contribution is 0.0717. The minimum Gasteiger partial charge on any atom is -0.341 e. The summed E-state index contributed by atoms with van der Waals surface area (Å²) >= 11 is 7.31. The van der Waals surface area contributed by atoms with Crippen LogP contribution in [0.15, 0.2) is 12.4 Å². The summed E-state index contributed by atoms with van der Waals surface area (Å²) < 4.78 is 0. The Morgan fingerprint density at radius 3 is 2.46 bits per heavy atom. The van der Waals surface area contributed by atoms with Gasteiger partial charge in [0.15, 0.2) is 0 Å². The van der Waals surface area contributed by atoms with Crippen LogP contribution in [0.5, 0.6) is 0 Å². The van der Waals surface area contributed by atoms with Crippen molar-refractivity contribution in [2.45, 2.75) is 32.7 Å². The number of nitrogens with zero attached hydrogens (tertiary/aromatic N) is 5. The van der Waals surface area contributed by atoms with E-state index < -0.39 is 0 Å². The summed E-state index contributed by atoms with van der Waals surface area (Å²) in [6.45, 7) is 5.30. The number of rotatable bonds is 3. The number of hydrogen-bond acceptors (Lipinski definition) is 6. The quantitative estimate of drug-likeness (QED) is 0.836. The lowest BCUT2D eigenvalue weighted by Gasteiger charge is -2.36. The van der Waals surface area contributed by atoms with Crippen LogP contribution in [0.4, 0.5) is 5.95 Å². The molecule has 3 heterocycles. The van der Waals surface area contributed by atoms with E-state index in [1.807, 2.05) is 25.8 Å². The van der Waals surface area contributed by atoms with Gasteiger partial charge in [-0.15, -0.1) is 11.3 Å². The highest BCUT2D eigenvalue weighted by Gasteiger charge is 2.28. The Balaban J connectivity index is 1.62. The standard InChI is InChI=1S/C16H20ClN5OS/c1-10-14(24-11(2)20-10)15(23)22-6-4-13(5-7-22)21(3)16-18-8-12(17)9-19-16/h8-9,13H,4-7H2,1-3H3. The summed E-state index contributed by atoms with van der Waals surface area (Å²) in [6, 6.07) is 0.319. The fraction of sp³-hybridized carbons (Fsp3) is 0.500. The molecule has 0 radical (unpaired) electrons. The van der Waals surface area contributed by atoms with E-state index in [0.29, 0.717) is 17.0 Å². The molecule has 0 N–H and O–H groups in total. The third-order valence-electron chi connectivity index (χ3n) is 4.32. The zero-order valence-corrected chi connectivity index (χ0v) is 15.6. The molecule has 0 atom stereocenters. The Bertz CT molecular complexity index is 725. The van der Waals surface area contributed by atoms with Crippen molar-refractivity contribution in [1.29, 1.82) is 0 Å². The molecule has 0 aromatic carbocycles. The highest BCUT2D eigenvalue weighted by Crippen LogP contribution is 2.24. The number of anilines is 1. The minimum atomic E-state index is 0.0990. The first-order valence-corrected chi connectivity index (χ1v) is 9.09. The van der Waals surface area contributed by atoms with Gasteiger partial charge in [-0.3, -0.25) is 4.79 Å². The maximum absolute atomic E-state index is 12.7. The first-order valence-electron chi connectivity index (χ1n) is 7.89. The molecule has 6 nitrogen and oxygen atoms in total. The Morgan fingerprint density at radius 1 is 1.29 bits per heavy atom. The molecule has 1 aliphatic rings. The number of thiazole rings is 1. The third kappa shape index (κ3) is 3.52. The number of hydrogen-bond donors (Lipinski definition) is 0. The van der Waals surface area contributed by atoms with Gasteiger partial charge < -0.3 is 9.80 Å². The second-order valence-electron chi connectivity index (χ2n) is 5.98. The molecule has 24 heavy (non-hydrogen) atoms. The van der Waals surface area contributed by atoms with E-state index in [0.717, 1.165) is 41.5 Å². The van der Waals surface area contributed by atoms with E-state index in [4.69, 9.17) is 11.6 Å². The highest BCUT2D eigenvalue weighted by atomic mass is 35.5. The van der Waals surface area contributed by atoms with Crippen LogP contribution >= 0.6 is 22.9 Å². The summed E-state index contributed by atoms with van der Waals surface area (Å²) in [5.41, 5.74) is 0.830. The van der Waals surface area contributed by atoms with Gasteiger partial charge in [0.05, 0.1) is 28.1 Å². The lowest BCUT2D eigenvalue weighted by atomic mass is 10.0. The first-order chi connectivity index (χ1) is 11.5. The average Bonchev–Trinajstić information content (AvgIpc) is 2.93. The van der Waals surface area contributed by atoms with Crippen molar-refractivity contribution < 1.29 is 4.79 Å². The van der Waals surface area contributed by atoms with Gasteiger partial charge >= 0.3 is 0 Å². The van der Waals surface area contributed by atoms with Crippen molar-refractivity contribution >= 4 is 34.8 Å². The zero-order valence-electron chi connectivity index (χ0n) is 14.0. The maximum Gasteiger partial charge on any atom is 0.265 e. The molecular weight excluding hydrogens is 346 g/mol. The van der Waals surface area contributed by atoms with Gasteiger partial charge in [-0.25, -0.2) is 15.0 Å². The number of carbonyl (C=O) groups excluding carboxylic acids is 1. The van der Waals surface area contributed by atoms with E-state index in [1.165, 1.54) is 11.3 Å². The molecule has 0 saturated carbocycles. The molecule has 1 amide bonds. The number of aryl methyl sites for hydroxylation is 2. The summed E-state index contributed by atoms with van der Waals surface area (Å²) in [5.74, 6) is 0.764. The number of piperidine rings is 1. The second kappa shape index (κ2) is 7.03. The molecule has 1 aliphatic heterocycles. The largest absolute Gasteiger partial charge is 0.341 e. The molecule has 2 aromatic heterocycles. The van der Waals surface area contributed by atoms with Crippen LogP contribution in [0.1, 0.15) is 33.2 Å². The molecule has 2 aromatic rings. The molecule has 0 bridgehead atoms. The van der Waals surface area contributed by atoms with Crippen molar-refractivity contribution in [3.8, 4) is 0 Å². The monoisotopic (exact) mass is 365 g/mol. The van der Waals surface area contributed by atoms with E-state index in [2.05, 4.69) is 19.9 Å². The molecule has 8 heteroatoms. The van der Waals surface area contributed by atoms with Crippen LogP contribution in [0.2, 0.25) is 5.02 Å². The Hall–Kier alpha value is -1.73. The van der Waals surface area contributed by atoms with Crippen LogP contribution in [0.3, 0.4) is 0 Å². The summed E-state index contributed by atoms with van der Waals surface area (Å²) in [7, 11) is 1.99. The van der Waals surface area contributed by atoms with Gasteiger partial charge in [0, 0.05) is 26.2 Å². The second-order valence-corrected chi connectivity index (χ2v) is 7.62. The van der Waals surface area contributed by atoms with Crippen LogP contribution in [0, 0.1) is 13.8 Å². The van der Waals surface area contributed by atoms with Gasteiger partial charge in [-0.1, -0.05) is 11.6 Å².